The average molecular weight is 344 g/mol. The number of amides is 2. The Kier molecular flexibility index (Phi) is 5.27. The lowest BCUT2D eigenvalue weighted by Crippen LogP contribution is -2.28. The zero-order chi connectivity index (χ0) is 17.7. The van der Waals surface area contributed by atoms with Crippen LogP contribution in [0.4, 0.5) is 23.7 Å². The van der Waals surface area contributed by atoms with Gasteiger partial charge in [0, 0.05) is 0 Å². The first-order valence-electron chi connectivity index (χ1n) is 6.97. The molecule has 2 aromatic rings. The van der Waals surface area contributed by atoms with Gasteiger partial charge in [-0.1, -0.05) is 5.16 Å². The summed E-state index contributed by atoms with van der Waals surface area (Å²) in [6.45, 7) is 3.47. The number of hydrogen-bond acceptors (Lipinski definition) is 5. The number of halogens is 3. The second-order valence-electron chi connectivity index (χ2n) is 4.68. The number of benzene rings is 1. The third-order valence-corrected chi connectivity index (χ3v) is 2.82. The fourth-order valence-corrected chi connectivity index (χ4v) is 1.82. The SMILES string of the molecule is CCOc1ccc(C(F)(F)F)cc1NC(=O)NCc1nc(C)no1. The van der Waals surface area contributed by atoms with E-state index in [0.29, 0.717) is 5.82 Å². The fraction of sp³-hybridized carbons (Fsp3) is 0.357. The normalized spacial score (nSPS) is 11.2. The van der Waals surface area contributed by atoms with Crippen LogP contribution in [0, 0.1) is 6.92 Å². The van der Waals surface area contributed by atoms with Gasteiger partial charge in [-0.3, -0.25) is 0 Å². The van der Waals surface area contributed by atoms with Crippen LogP contribution in [0.25, 0.3) is 0 Å². The molecule has 2 N–H and O–H groups in total. The maximum Gasteiger partial charge on any atom is 0.416 e. The van der Waals surface area contributed by atoms with Crippen LogP contribution in [0.2, 0.25) is 0 Å². The number of nitrogens with one attached hydrogen (secondary N) is 2. The summed E-state index contributed by atoms with van der Waals surface area (Å²) < 4.78 is 48.4. The fourth-order valence-electron chi connectivity index (χ4n) is 1.82. The highest BCUT2D eigenvalue weighted by molar-refractivity contribution is 5.91. The molecule has 1 heterocycles. The highest BCUT2D eigenvalue weighted by atomic mass is 19.4. The van der Waals surface area contributed by atoms with Crippen molar-refractivity contribution < 1.29 is 27.2 Å². The molecule has 7 nitrogen and oxygen atoms in total. The van der Waals surface area contributed by atoms with Gasteiger partial charge in [0.25, 0.3) is 0 Å². The molecule has 0 radical (unpaired) electrons. The molecule has 1 aromatic heterocycles. The Balaban J connectivity index is 2.09. The van der Waals surface area contributed by atoms with E-state index in [0.717, 1.165) is 18.2 Å². The van der Waals surface area contributed by atoms with Gasteiger partial charge >= 0.3 is 12.2 Å². The van der Waals surface area contributed by atoms with Crippen molar-refractivity contribution in [3.05, 3.63) is 35.5 Å². The summed E-state index contributed by atoms with van der Waals surface area (Å²) in [5.74, 6) is 0.717. The second kappa shape index (κ2) is 7.20. The zero-order valence-electron chi connectivity index (χ0n) is 12.9. The van der Waals surface area contributed by atoms with Crippen LogP contribution in [-0.2, 0) is 12.7 Å². The average Bonchev–Trinajstić information content (AvgIpc) is 2.92. The number of ether oxygens (including phenoxy) is 1. The van der Waals surface area contributed by atoms with E-state index < -0.39 is 17.8 Å². The van der Waals surface area contributed by atoms with Crippen molar-refractivity contribution in [2.24, 2.45) is 0 Å². The number of aromatic nitrogens is 2. The van der Waals surface area contributed by atoms with E-state index in [4.69, 9.17) is 9.26 Å². The number of anilines is 1. The summed E-state index contributed by atoms with van der Waals surface area (Å²) in [7, 11) is 0. The number of alkyl halides is 3. The number of carbonyl (C=O) groups is 1. The van der Waals surface area contributed by atoms with E-state index in [1.807, 2.05) is 0 Å². The van der Waals surface area contributed by atoms with Crippen LogP contribution in [-0.4, -0.2) is 22.8 Å². The second-order valence-corrected chi connectivity index (χ2v) is 4.68. The smallest absolute Gasteiger partial charge is 0.416 e. The number of urea groups is 1. The third kappa shape index (κ3) is 4.61. The van der Waals surface area contributed by atoms with Gasteiger partial charge in [0.2, 0.25) is 5.89 Å². The zero-order valence-corrected chi connectivity index (χ0v) is 12.9. The van der Waals surface area contributed by atoms with Crippen molar-refractivity contribution in [3.8, 4) is 5.75 Å². The van der Waals surface area contributed by atoms with Crippen molar-refractivity contribution in [3.63, 3.8) is 0 Å². The molecule has 24 heavy (non-hydrogen) atoms. The monoisotopic (exact) mass is 344 g/mol. The quantitative estimate of drug-likeness (QED) is 0.870. The molecule has 0 bridgehead atoms. The maximum absolute atomic E-state index is 12.8. The first kappa shape index (κ1) is 17.6. The lowest BCUT2D eigenvalue weighted by molar-refractivity contribution is -0.137. The number of hydrogen-bond donors (Lipinski definition) is 2. The number of nitrogens with zero attached hydrogens (tertiary/aromatic N) is 2. The van der Waals surface area contributed by atoms with Gasteiger partial charge in [0.15, 0.2) is 5.82 Å². The number of rotatable bonds is 5. The summed E-state index contributed by atoms with van der Waals surface area (Å²) in [4.78, 5) is 15.8. The summed E-state index contributed by atoms with van der Waals surface area (Å²) in [5, 5.41) is 8.28. The summed E-state index contributed by atoms with van der Waals surface area (Å²) in [5.41, 5.74) is -0.986. The molecule has 2 rings (SSSR count). The molecule has 0 unspecified atom stereocenters. The van der Waals surface area contributed by atoms with Crippen molar-refractivity contribution >= 4 is 11.7 Å². The van der Waals surface area contributed by atoms with Crippen molar-refractivity contribution in [1.82, 2.24) is 15.5 Å². The van der Waals surface area contributed by atoms with Gasteiger partial charge in [-0.2, -0.15) is 18.2 Å². The lowest BCUT2D eigenvalue weighted by Gasteiger charge is -2.14. The van der Waals surface area contributed by atoms with Crippen LogP contribution in [0.5, 0.6) is 5.75 Å². The largest absolute Gasteiger partial charge is 0.492 e. The predicted molar refractivity (Wildman–Crippen MR) is 77.5 cm³/mol. The van der Waals surface area contributed by atoms with Crippen molar-refractivity contribution in [2.75, 3.05) is 11.9 Å². The van der Waals surface area contributed by atoms with E-state index in [1.165, 1.54) is 0 Å². The molecule has 0 fully saturated rings. The van der Waals surface area contributed by atoms with Crippen molar-refractivity contribution in [2.45, 2.75) is 26.6 Å². The van der Waals surface area contributed by atoms with Crippen LogP contribution in [0.1, 0.15) is 24.2 Å². The minimum Gasteiger partial charge on any atom is -0.492 e. The molecule has 0 aliphatic carbocycles. The molecular formula is C14H15F3N4O3. The Morgan fingerprint density at radius 2 is 2.12 bits per heavy atom. The van der Waals surface area contributed by atoms with Gasteiger partial charge in [-0.05, 0) is 32.0 Å². The Morgan fingerprint density at radius 3 is 2.71 bits per heavy atom. The van der Waals surface area contributed by atoms with E-state index in [2.05, 4.69) is 20.8 Å². The van der Waals surface area contributed by atoms with Gasteiger partial charge in [-0.25, -0.2) is 4.79 Å². The first-order valence-corrected chi connectivity index (χ1v) is 6.97. The molecular weight excluding hydrogens is 329 g/mol. The Labute approximate surface area is 135 Å². The summed E-state index contributed by atoms with van der Waals surface area (Å²) >= 11 is 0. The Hall–Kier alpha value is -2.78. The molecule has 130 valence electrons. The minimum atomic E-state index is -4.53. The minimum absolute atomic E-state index is 0.0599. The van der Waals surface area contributed by atoms with Gasteiger partial charge in [-0.15, -0.1) is 0 Å². The third-order valence-electron chi connectivity index (χ3n) is 2.82. The van der Waals surface area contributed by atoms with Crippen LogP contribution < -0.4 is 15.4 Å². The van der Waals surface area contributed by atoms with Gasteiger partial charge in [0.1, 0.15) is 5.75 Å². The Morgan fingerprint density at radius 1 is 1.38 bits per heavy atom. The molecule has 0 aliphatic rings. The summed E-state index contributed by atoms with van der Waals surface area (Å²) in [6.07, 6.45) is -4.53. The van der Waals surface area contributed by atoms with Gasteiger partial charge < -0.3 is 19.9 Å². The molecule has 0 saturated carbocycles. The van der Waals surface area contributed by atoms with E-state index >= 15 is 0 Å². The van der Waals surface area contributed by atoms with Gasteiger partial charge in [0.05, 0.1) is 24.4 Å². The number of carbonyl (C=O) groups excluding carboxylic acids is 1. The topological polar surface area (TPSA) is 89.3 Å². The first-order chi connectivity index (χ1) is 11.3. The lowest BCUT2D eigenvalue weighted by atomic mass is 10.2. The van der Waals surface area contributed by atoms with E-state index in [9.17, 15) is 18.0 Å². The van der Waals surface area contributed by atoms with Crippen LogP contribution >= 0.6 is 0 Å². The molecule has 2 amide bonds. The van der Waals surface area contributed by atoms with E-state index in [1.54, 1.807) is 13.8 Å². The Bertz CT molecular complexity index is 716. The number of aryl methyl sites for hydroxylation is 1. The molecule has 1 aromatic carbocycles. The predicted octanol–water partition coefficient (Wildman–Crippen LogP) is 3.12. The molecule has 0 saturated heterocycles. The maximum atomic E-state index is 12.8. The highest BCUT2D eigenvalue weighted by Gasteiger charge is 2.31. The van der Waals surface area contributed by atoms with Crippen LogP contribution in [0.3, 0.4) is 0 Å². The van der Waals surface area contributed by atoms with Crippen molar-refractivity contribution in [1.29, 1.82) is 0 Å². The molecule has 0 spiro atoms. The molecule has 0 atom stereocenters. The summed E-state index contributed by atoms with van der Waals surface area (Å²) in [6, 6.07) is 2.12. The van der Waals surface area contributed by atoms with E-state index in [-0.39, 0.29) is 30.5 Å². The molecule has 0 aliphatic heterocycles. The highest BCUT2D eigenvalue weighted by Crippen LogP contribution is 2.35. The van der Waals surface area contributed by atoms with Crippen LogP contribution in [0.15, 0.2) is 22.7 Å². The standard InChI is InChI=1S/C14H15F3N4O3/c1-3-23-11-5-4-9(14(15,16)17)6-10(11)20-13(22)18-7-12-19-8(2)21-24-12/h4-6H,3,7H2,1-2H3,(H2,18,20,22). The molecule has 10 heteroatoms.